The van der Waals surface area contributed by atoms with Gasteiger partial charge in [0.05, 0.1) is 19.7 Å². The zero-order valence-electron chi connectivity index (χ0n) is 18.8. The van der Waals surface area contributed by atoms with Crippen molar-refractivity contribution in [1.82, 2.24) is 30.0 Å². The van der Waals surface area contributed by atoms with E-state index in [1.807, 2.05) is 16.8 Å². The Balaban J connectivity index is 1.38. The summed E-state index contributed by atoms with van der Waals surface area (Å²) in [6.45, 7) is 4.94. The van der Waals surface area contributed by atoms with Crippen LogP contribution < -0.4 is 4.74 Å². The summed E-state index contributed by atoms with van der Waals surface area (Å²) in [6, 6.07) is 19.6. The molecule has 168 valence electrons. The summed E-state index contributed by atoms with van der Waals surface area (Å²) in [7, 11) is 1.69. The van der Waals surface area contributed by atoms with E-state index in [0.29, 0.717) is 6.54 Å². The van der Waals surface area contributed by atoms with Gasteiger partial charge in [0.1, 0.15) is 5.75 Å². The molecular formula is C25H32N6O. The van der Waals surface area contributed by atoms with Crippen molar-refractivity contribution < 1.29 is 4.74 Å². The van der Waals surface area contributed by atoms with Gasteiger partial charge >= 0.3 is 0 Å². The minimum atomic E-state index is 0.0511. The van der Waals surface area contributed by atoms with Crippen LogP contribution >= 0.6 is 0 Å². The molecule has 2 aromatic carbocycles. The van der Waals surface area contributed by atoms with Gasteiger partial charge in [-0.05, 0) is 46.5 Å². The number of methoxy groups -OCH3 is 1. The van der Waals surface area contributed by atoms with Crippen LogP contribution in [0.25, 0.3) is 0 Å². The Labute approximate surface area is 190 Å². The summed E-state index contributed by atoms with van der Waals surface area (Å²) in [5, 5.41) is 12.9. The van der Waals surface area contributed by atoms with Gasteiger partial charge in [-0.2, -0.15) is 0 Å². The highest BCUT2D eigenvalue weighted by Crippen LogP contribution is 2.30. The minimum Gasteiger partial charge on any atom is -0.497 e. The third-order valence-corrected chi connectivity index (χ3v) is 6.97. The van der Waals surface area contributed by atoms with Gasteiger partial charge in [0.15, 0.2) is 5.82 Å². The number of rotatable bonds is 7. The second kappa shape index (κ2) is 9.79. The highest BCUT2D eigenvalue weighted by molar-refractivity contribution is 5.28. The monoisotopic (exact) mass is 432 g/mol. The first-order chi connectivity index (χ1) is 15.8. The van der Waals surface area contributed by atoms with Gasteiger partial charge in [0.2, 0.25) is 0 Å². The lowest BCUT2D eigenvalue weighted by molar-refractivity contribution is 0.0771. The van der Waals surface area contributed by atoms with Crippen LogP contribution in [-0.4, -0.2) is 69.3 Å². The fourth-order valence-corrected chi connectivity index (χ4v) is 5.21. The first-order valence-corrected chi connectivity index (χ1v) is 11.7. The number of ether oxygens (including phenoxy) is 1. The summed E-state index contributed by atoms with van der Waals surface area (Å²) < 4.78 is 7.24. The standard InChI is InChI=1S/C25H32N6O/c1-32-23-13-11-20(12-14-23)19-31-25(26-27-28-31)24(21-7-3-2-4-8-21)30-17-15-29(16-18-30)22-9-5-6-10-22/h2-4,7-8,11-14,22,24H,5-6,9-10,15-19H2,1H3/t24-/m1/s1. The maximum atomic E-state index is 5.29. The van der Waals surface area contributed by atoms with Crippen molar-refractivity contribution in [1.29, 1.82) is 0 Å². The molecular weight excluding hydrogens is 400 g/mol. The predicted molar refractivity (Wildman–Crippen MR) is 124 cm³/mol. The highest BCUT2D eigenvalue weighted by atomic mass is 16.5. The van der Waals surface area contributed by atoms with E-state index < -0.39 is 0 Å². The van der Waals surface area contributed by atoms with Gasteiger partial charge < -0.3 is 4.74 Å². The quantitative estimate of drug-likeness (QED) is 0.571. The fraction of sp³-hybridized carbons (Fsp3) is 0.480. The number of benzene rings is 2. The van der Waals surface area contributed by atoms with Crippen molar-refractivity contribution in [2.45, 2.75) is 44.3 Å². The molecule has 1 aromatic heterocycles. The molecule has 0 N–H and O–H groups in total. The predicted octanol–water partition coefficient (Wildman–Crippen LogP) is 3.38. The van der Waals surface area contributed by atoms with Gasteiger partial charge in [0, 0.05) is 32.2 Å². The number of nitrogens with zero attached hydrogens (tertiary/aromatic N) is 6. The molecule has 1 aliphatic heterocycles. The third kappa shape index (κ3) is 4.54. The number of hydrogen-bond acceptors (Lipinski definition) is 6. The molecule has 0 bridgehead atoms. The molecule has 3 aromatic rings. The average molecular weight is 433 g/mol. The smallest absolute Gasteiger partial charge is 0.173 e. The largest absolute Gasteiger partial charge is 0.497 e. The van der Waals surface area contributed by atoms with E-state index in [-0.39, 0.29) is 6.04 Å². The molecule has 2 fully saturated rings. The molecule has 0 unspecified atom stereocenters. The summed E-state index contributed by atoms with van der Waals surface area (Å²) in [4.78, 5) is 5.25. The van der Waals surface area contributed by atoms with Crippen LogP contribution in [-0.2, 0) is 6.54 Å². The van der Waals surface area contributed by atoms with Gasteiger partial charge in [0.25, 0.3) is 0 Å². The molecule has 7 nitrogen and oxygen atoms in total. The molecule has 2 aliphatic rings. The Morgan fingerprint density at radius 2 is 1.66 bits per heavy atom. The zero-order chi connectivity index (χ0) is 21.8. The molecule has 32 heavy (non-hydrogen) atoms. The van der Waals surface area contributed by atoms with Crippen LogP contribution in [0.5, 0.6) is 5.75 Å². The molecule has 1 atom stereocenters. The van der Waals surface area contributed by atoms with Gasteiger partial charge in [-0.25, -0.2) is 4.68 Å². The molecule has 7 heteroatoms. The summed E-state index contributed by atoms with van der Waals surface area (Å²) in [5.74, 6) is 1.76. The van der Waals surface area contributed by atoms with Crippen molar-refractivity contribution in [2.75, 3.05) is 33.3 Å². The summed E-state index contributed by atoms with van der Waals surface area (Å²) in [5.41, 5.74) is 2.39. The average Bonchev–Trinajstić information content (AvgIpc) is 3.54. The fourth-order valence-electron chi connectivity index (χ4n) is 5.21. The minimum absolute atomic E-state index is 0.0511. The van der Waals surface area contributed by atoms with Gasteiger partial charge in [-0.3, -0.25) is 9.80 Å². The lowest BCUT2D eigenvalue weighted by atomic mass is 10.0. The van der Waals surface area contributed by atoms with Gasteiger partial charge in [-0.1, -0.05) is 55.3 Å². The van der Waals surface area contributed by atoms with Crippen molar-refractivity contribution in [3.8, 4) is 5.75 Å². The van der Waals surface area contributed by atoms with Crippen LogP contribution in [0, 0.1) is 0 Å². The van der Waals surface area contributed by atoms with Crippen LogP contribution in [0.3, 0.4) is 0 Å². The van der Waals surface area contributed by atoms with Crippen LogP contribution in [0.15, 0.2) is 54.6 Å². The van der Waals surface area contributed by atoms with Crippen LogP contribution in [0.2, 0.25) is 0 Å². The Bertz CT molecular complexity index is 975. The number of tetrazole rings is 1. The lowest BCUT2D eigenvalue weighted by Gasteiger charge is -2.41. The summed E-state index contributed by atoms with van der Waals surface area (Å²) >= 11 is 0. The lowest BCUT2D eigenvalue weighted by Crippen LogP contribution is -2.51. The number of aromatic nitrogens is 4. The number of hydrogen-bond donors (Lipinski definition) is 0. The molecule has 0 amide bonds. The normalized spacial score (nSPS) is 19.3. The van der Waals surface area contributed by atoms with Crippen molar-refractivity contribution >= 4 is 0 Å². The second-order valence-electron chi connectivity index (χ2n) is 8.87. The molecule has 5 rings (SSSR count). The van der Waals surface area contributed by atoms with E-state index >= 15 is 0 Å². The van der Waals surface area contributed by atoms with E-state index in [0.717, 1.165) is 49.4 Å². The molecule has 1 saturated heterocycles. The highest BCUT2D eigenvalue weighted by Gasteiger charge is 2.33. The molecule has 0 spiro atoms. The second-order valence-corrected chi connectivity index (χ2v) is 8.87. The third-order valence-electron chi connectivity index (χ3n) is 6.97. The molecule has 2 heterocycles. The van der Waals surface area contributed by atoms with Crippen LogP contribution in [0.1, 0.15) is 48.7 Å². The van der Waals surface area contributed by atoms with Crippen molar-refractivity contribution in [3.63, 3.8) is 0 Å². The maximum absolute atomic E-state index is 5.29. The SMILES string of the molecule is COc1ccc(Cn2nnnc2[C@@H](c2ccccc2)N2CCN(C3CCCC3)CC2)cc1. The van der Waals surface area contributed by atoms with Crippen molar-refractivity contribution in [2.24, 2.45) is 0 Å². The molecule has 1 aliphatic carbocycles. The van der Waals surface area contributed by atoms with Crippen LogP contribution in [0.4, 0.5) is 0 Å². The first-order valence-electron chi connectivity index (χ1n) is 11.7. The van der Waals surface area contributed by atoms with E-state index in [1.54, 1.807) is 7.11 Å². The Hall–Kier alpha value is -2.77. The Kier molecular flexibility index (Phi) is 6.46. The Morgan fingerprint density at radius 1 is 0.938 bits per heavy atom. The van der Waals surface area contributed by atoms with E-state index in [9.17, 15) is 0 Å². The number of piperazine rings is 1. The van der Waals surface area contributed by atoms with Gasteiger partial charge in [-0.15, -0.1) is 5.10 Å². The maximum Gasteiger partial charge on any atom is 0.173 e. The summed E-state index contributed by atoms with van der Waals surface area (Å²) in [6.07, 6.45) is 5.50. The molecule has 0 radical (unpaired) electrons. The Morgan fingerprint density at radius 3 is 2.34 bits per heavy atom. The van der Waals surface area contributed by atoms with E-state index in [2.05, 4.69) is 67.8 Å². The zero-order valence-corrected chi connectivity index (χ0v) is 18.8. The van der Waals surface area contributed by atoms with E-state index in [1.165, 1.54) is 31.2 Å². The van der Waals surface area contributed by atoms with E-state index in [4.69, 9.17) is 4.74 Å². The topological polar surface area (TPSA) is 59.3 Å². The van der Waals surface area contributed by atoms with Crippen molar-refractivity contribution in [3.05, 3.63) is 71.5 Å². The first kappa shape index (κ1) is 21.1. The molecule has 1 saturated carbocycles.